The maximum absolute atomic E-state index is 10.1. The van der Waals surface area contributed by atoms with Crippen molar-refractivity contribution in [3.63, 3.8) is 0 Å². The molecule has 0 radical (unpaired) electrons. The first kappa shape index (κ1) is 45.0. The first-order valence-electron chi connectivity index (χ1n) is 3.72. The number of carboxylic acids is 3. The largest absolute Gasteiger partial charge is 1.00 e. The van der Waals surface area contributed by atoms with Crippen LogP contribution in [0.25, 0.3) is 0 Å². The van der Waals surface area contributed by atoms with Gasteiger partial charge in [-0.05, 0) is 6.16 Å². The van der Waals surface area contributed by atoms with Crippen LogP contribution in [0.5, 0.6) is 0 Å². The summed E-state index contributed by atoms with van der Waals surface area (Å²) in [5.41, 5.74) is -2.97. The summed E-state index contributed by atoms with van der Waals surface area (Å²) in [6.45, 7) is 0. The van der Waals surface area contributed by atoms with Gasteiger partial charge in [-0.25, -0.2) is 0 Å². The molecule has 0 spiro atoms. The number of carbonyl (C=O) groups is 4. The van der Waals surface area contributed by atoms with Crippen LogP contribution < -0.4 is 217 Å². The Morgan fingerprint density at radius 3 is 1.00 bits per heavy atom. The number of carbonyl (C=O) groups excluding carboxylic acids is 4. The SMILES string of the molecule is O=C([O-])CC(O)(CC(=O)[O-])C(=O)[O-].O=C([O-])[O-].[K+].[K+].[Na+].[Na+].[Na+]. The van der Waals surface area contributed by atoms with Gasteiger partial charge in [0.1, 0.15) is 5.60 Å². The Balaban J connectivity index is -0.0000000450. The van der Waals surface area contributed by atoms with Crippen molar-refractivity contribution in [3.05, 3.63) is 0 Å². The fourth-order valence-corrected chi connectivity index (χ4v) is 0.684. The monoisotopic (exact) mass is 396 g/mol. The Labute approximate surface area is 276 Å². The zero-order valence-electron chi connectivity index (χ0n) is 13.0. The van der Waals surface area contributed by atoms with Crippen LogP contribution >= 0.6 is 0 Å². The summed E-state index contributed by atoms with van der Waals surface area (Å²) in [5.74, 6) is -5.98. The second-order valence-corrected chi connectivity index (χ2v) is 2.67. The molecule has 0 aromatic carbocycles. The third-order valence-corrected chi connectivity index (χ3v) is 1.25. The van der Waals surface area contributed by atoms with Gasteiger partial charge < -0.3 is 49.8 Å². The summed E-state index contributed by atoms with van der Waals surface area (Å²) in [6.07, 6.45) is -5.05. The van der Waals surface area contributed by atoms with E-state index >= 15 is 0 Å². The minimum atomic E-state index is -2.97. The number of rotatable bonds is 5. The van der Waals surface area contributed by atoms with Gasteiger partial charge in [0.15, 0.2) is 0 Å². The quantitative estimate of drug-likeness (QED) is 0.434. The average Bonchev–Trinajstić information content (AvgIpc) is 1.98. The van der Waals surface area contributed by atoms with Crippen LogP contribution in [0.1, 0.15) is 12.8 Å². The molecule has 0 rings (SSSR count). The minimum Gasteiger partial charge on any atom is -0.652 e. The summed E-state index contributed by atoms with van der Waals surface area (Å²) in [7, 11) is 0. The van der Waals surface area contributed by atoms with Crippen molar-refractivity contribution in [2.75, 3.05) is 0 Å². The molecular formula is C7H5K2Na3O10. The Hall–Kier alpha value is 3.91. The molecule has 0 aliphatic heterocycles. The van der Waals surface area contributed by atoms with E-state index in [1.54, 1.807) is 0 Å². The third-order valence-electron chi connectivity index (χ3n) is 1.25. The molecule has 0 unspecified atom stereocenters. The van der Waals surface area contributed by atoms with Crippen LogP contribution in [0.4, 0.5) is 4.79 Å². The summed E-state index contributed by atoms with van der Waals surface area (Å²) in [4.78, 5) is 38.3. The van der Waals surface area contributed by atoms with Crippen molar-refractivity contribution < 1.29 is 241 Å². The molecule has 0 aromatic heterocycles. The zero-order chi connectivity index (χ0) is 14.2. The normalized spacial score (nSPS) is 7.50. The van der Waals surface area contributed by atoms with E-state index in [-0.39, 0.29) is 191 Å². The van der Waals surface area contributed by atoms with Crippen LogP contribution in [0.3, 0.4) is 0 Å². The smallest absolute Gasteiger partial charge is 0.652 e. The maximum Gasteiger partial charge on any atom is 1.00 e. The summed E-state index contributed by atoms with van der Waals surface area (Å²) >= 11 is 0. The van der Waals surface area contributed by atoms with E-state index in [1.807, 2.05) is 0 Å². The van der Waals surface area contributed by atoms with Crippen LogP contribution in [-0.4, -0.2) is 34.8 Å². The molecule has 0 aliphatic rings. The van der Waals surface area contributed by atoms with Gasteiger partial charge in [-0.3, -0.25) is 0 Å². The molecule has 0 bridgehead atoms. The molecule has 98 valence electrons. The number of carboxylic acid groups (broad SMARTS) is 5. The molecule has 0 fully saturated rings. The van der Waals surface area contributed by atoms with Gasteiger partial charge in [-0.2, -0.15) is 0 Å². The van der Waals surface area contributed by atoms with Gasteiger partial charge in [0, 0.05) is 24.8 Å². The van der Waals surface area contributed by atoms with Gasteiger partial charge in [-0.1, -0.05) is 0 Å². The Kier molecular flexibility index (Phi) is 50.9. The average molecular weight is 396 g/mol. The van der Waals surface area contributed by atoms with Crippen LogP contribution in [0.15, 0.2) is 0 Å². The van der Waals surface area contributed by atoms with Gasteiger partial charge in [-0.15, -0.1) is 0 Å². The van der Waals surface area contributed by atoms with Crippen molar-refractivity contribution in [2.24, 2.45) is 0 Å². The van der Waals surface area contributed by atoms with Crippen molar-refractivity contribution in [1.29, 1.82) is 0 Å². The fraction of sp³-hybridized carbons (Fsp3) is 0.429. The molecule has 0 atom stereocenters. The molecule has 0 aromatic rings. The first-order chi connectivity index (χ1) is 7.51. The number of aliphatic carboxylic acids is 3. The van der Waals surface area contributed by atoms with E-state index in [1.165, 1.54) is 0 Å². The van der Waals surface area contributed by atoms with Crippen LogP contribution in [-0.2, 0) is 14.4 Å². The predicted molar refractivity (Wildman–Crippen MR) is 34.6 cm³/mol. The van der Waals surface area contributed by atoms with E-state index in [0.29, 0.717) is 0 Å². The molecule has 10 nitrogen and oxygen atoms in total. The number of hydrogen-bond acceptors (Lipinski definition) is 10. The van der Waals surface area contributed by atoms with Gasteiger partial charge in [0.25, 0.3) is 0 Å². The summed E-state index contributed by atoms with van der Waals surface area (Å²) in [5, 5.41) is 55.6. The second-order valence-electron chi connectivity index (χ2n) is 2.67. The summed E-state index contributed by atoms with van der Waals surface area (Å²) in [6, 6.07) is 0. The molecule has 22 heavy (non-hydrogen) atoms. The van der Waals surface area contributed by atoms with Crippen molar-refractivity contribution in [2.45, 2.75) is 18.4 Å². The van der Waals surface area contributed by atoms with Gasteiger partial charge in [0.05, 0.1) is 5.97 Å². The van der Waals surface area contributed by atoms with E-state index in [9.17, 15) is 29.7 Å². The molecule has 15 heteroatoms. The maximum atomic E-state index is 10.1. The Bertz CT molecular complexity index is 320. The van der Waals surface area contributed by atoms with Crippen LogP contribution in [0, 0.1) is 0 Å². The van der Waals surface area contributed by atoms with Gasteiger partial charge >= 0.3 is 191 Å². The Morgan fingerprint density at radius 1 is 0.727 bits per heavy atom. The van der Waals surface area contributed by atoms with Crippen LogP contribution in [0.2, 0.25) is 0 Å². The standard InChI is InChI=1S/C6H8O7.CH2O3.2K.3Na/c7-3(8)1-6(13,5(11)12)2-4(9)10;2-1(3)4;;;;;/h13H,1-2H2,(H,7,8)(H,9,10)(H,11,12);(H2,2,3,4);;;;;/q;;5*+1/p-5. The number of hydrogen-bond donors (Lipinski definition) is 1. The summed E-state index contributed by atoms with van der Waals surface area (Å²) < 4.78 is 0. The predicted octanol–water partition coefficient (Wildman–Crippen LogP) is -22.7. The van der Waals surface area contributed by atoms with Crippen molar-refractivity contribution >= 4 is 24.1 Å². The second kappa shape index (κ2) is 24.9. The molecule has 0 heterocycles. The first-order valence-corrected chi connectivity index (χ1v) is 3.72. The minimum absolute atomic E-state index is 0. The molecule has 0 saturated heterocycles. The Morgan fingerprint density at radius 2 is 0.909 bits per heavy atom. The molecule has 0 amide bonds. The van der Waals surface area contributed by atoms with E-state index in [4.69, 9.17) is 20.1 Å². The van der Waals surface area contributed by atoms with Crippen molar-refractivity contribution in [3.8, 4) is 0 Å². The van der Waals surface area contributed by atoms with E-state index in [2.05, 4.69) is 0 Å². The van der Waals surface area contributed by atoms with Gasteiger partial charge in [0.2, 0.25) is 0 Å². The fourth-order valence-electron chi connectivity index (χ4n) is 0.684. The van der Waals surface area contributed by atoms with Crippen molar-refractivity contribution in [1.82, 2.24) is 0 Å². The topological polar surface area (TPSA) is 204 Å². The number of aliphatic hydroxyl groups is 1. The van der Waals surface area contributed by atoms with E-state index < -0.39 is 42.5 Å². The van der Waals surface area contributed by atoms with E-state index in [0.717, 1.165) is 0 Å². The molecule has 1 N–H and O–H groups in total. The molecule has 0 aliphatic carbocycles. The molecular weight excluding hydrogens is 391 g/mol. The zero-order valence-corrected chi connectivity index (χ0v) is 25.3. The molecule has 0 saturated carbocycles. The third kappa shape index (κ3) is 31.7.